The molecule has 0 bridgehead atoms. The predicted octanol–water partition coefficient (Wildman–Crippen LogP) is 1.41. The Morgan fingerprint density at radius 2 is 2.25 bits per heavy atom. The quantitative estimate of drug-likeness (QED) is 0.676. The lowest BCUT2D eigenvalue weighted by Crippen LogP contribution is -2.40. The van der Waals surface area contributed by atoms with Crippen LogP contribution in [-0.2, 0) is 6.54 Å². The summed E-state index contributed by atoms with van der Waals surface area (Å²) in [7, 11) is 1.79. The molecule has 0 aromatic carbocycles. The number of likely N-dealkylation sites (tertiary alicyclic amines) is 1. The molecule has 7 nitrogen and oxygen atoms in total. The lowest BCUT2D eigenvalue weighted by molar-refractivity contribution is 0.205. The van der Waals surface area contributed by atoms with Gasteiger partial charge in [-0.1, -0.05) is 6.07 Å². The number of aliphatic imine (C=N–C) groups is 1. The normalized spacial score (nSPS) is 17.8. The first-order valence-electron chi connectivity index (χ1n) is 8.06. The van der Waals surface area contributed by atoms with Gasteiger partial charge < -0.3 is 15.0 Å². The van der Waals surface area contributed by atoms with Crippen LogP contribution in [0.5, 0.6) is 5.88 Å². The number of hydrogen-bond acceptors (Lipinski definition) is 5. The van der Waals surface area contributed by atoms with Crippen molar-refractivity contribution in [2.45, 2.75) is 26.0 Å². The Labute approximate surface area is 141 Å². The minimum Gasteiger partial charge on any atom is -0.472 e. The average Bonchev–Trinajstić information content (AvgIpc) is 3.05. The third-order valence-corrected chi connectivity index (χ3v) is 3.84. The van der Waals surface area contributed by atoms with Crippen LogP contribution in [0, 0.1) is 6.92 Å². The van der Waals surface area contributed by atoms with Crippen molar-refractivity contribution in [1.82, 2.24) is 25.2 Å². The predicted molar refractivity (Wildman–Crippen MR) is 91.8 cm³/mol. The molecule has 1 atom stereocenters. The number of ether oxygens (including phenoxy) is 1. The number of pyridine rings is 1. The van der Waals surface area contributed by atoms with Crippen molar-refractivity contribution in [3.63, 3.8) is 0 Å². The molecule has 1 saturated heterocycles. The van der Waals surface area contributed by atoms with Crippen molar-refractivity contribution in [2.24, 2.45) is 4.99 Å². The number of rotatable bonds is 4. The highest BCUT2D eigenvalue weighted by Crippen LogP contribution is 2.16. The van der Waals surface area contributed by atoms with Crippen LogP contribution in [-0.4, -0.2) is 52.1 Å². The first kappa shape index (κ1) is 16.2. The number of hydrogen-bond donors (Lipinski definition) is 1. The third kappa shape index (κ3) is 4.18. The highest BCUT2D eigenvalue weighted by atomic mass is 16.5. The molecule has 2 aromatic rings. The van der Waals surface area contributed by atoms with Gasteiger partial charge in [0.2, 0.25) is 5.88 Å². The molecule has 1 unspecified atom stereocenters. The summed E-state index contributed by atoms with van der Waals surface area (Å²) in [5.74, 6) is 2.30. The Kier molecular flexibility index (Phi) is 5.20. The van der Waals surface area contributed by atoms with E-state index in [0.29, 0.717) is 12.4 Å². The average molecular weight is 326 g/mol. The molecule has 2 aromatic heterocycles. The van der Waals surface area contributed by atoms with Gasteiger partial charge in [-0.25, -0.2) is 15.0 Å². The Morgan fingerprint density at radius 3 is 3.00 bits per heavy atom. The first-order valence-corrected chi connectivity index (χ1v) is 8.06. The minimum absolute atomic E-state index is 0.125. The summed E-state index contributed by atoms with van der Waals surface area (Å²) < 4.78 is 5.92. The molecule has 0 saturated carbocycles. The zero-order valence-electron chi connectivity index (χ0n) is 14.0. The van der Waals surface area contributed by atoms with Gasteiger partial charge in [0.1, 0.15) is 11.9 Å². The zero-order valence-corrected chi connectivity index (χ0v) is 14.0. The Balaban J connectivity index is 1.53. The maximum atomic E-state index is 5.92. The molecule has 7 heteroatoms. The summed E-state index contributed by atoms with van der Waals surface area (Å²) in [5, 5.41) is 3.35. The minimum atomic E-state index is 0.125. The second-order valence-corrected chi connectivity index (χ2v) is 5.64. The van der Waals surface area contributed by atoms with Crippen molar-refractivity contribution in [1.29, 1.82) is 0 Å². The SMILES string of the molecule is CN=C(NCc1ccnc(C)n1)N1CCC(Oc2ccccn2)C1. The largest absolute Gasteiger partial charge is 0.472 e. The van der Waals surface area contributed by atoms with Gasteiger partial charge in [0.05, 0.1) is 18.8 Å². The summed E-state index contributed by atoms with van der Waals surface area (Å²) in [5.41, 5.74) is 0.948. The van der Waals surface area contributed by atoms with Gasteiger partial charge in [-0.3, -0.25) is 4.99 Å². The van der Waals surface area contributed by atoms with Crippen molar-refractivity contribution in [2.75, 3.05) is 20.1 Å². The summed E-state index contributed by atoms with van der Waals surface area (Å²) in [4.78, 5) is 19.3. The molecule has 1 aliphatic rings. The van der Waals surface area contributed by atoms with E-state index in [2.05, 4.69) is 30.2 Å². The van der Waals surface area contributed by atoms with Crippen LogP contribution in [0.3, 0.4) is 0 Å². The summed E-state index contributed by atoms with van der Waals surface area (Å²) in [6, 6.07) is 7.60. The van der Waals surface area contributed by atoms with Gasteiger partial charge in [0.15, 0.2) is 5.96 Å². The van der Waals surface area contributed by atoms with E-state index in [0.717, 1.165) is 37.0 Å². The second-order valence-electron chi connectivity index (χ2n) is 5.64. The standard InChI is InChI=1S/C17H22N6O/c1-13-19-9-6-14(22-13)11-21-17(18-2)23-10-7-15(12-23)24-16-5-3-4-8-20-16/h3-6,8-9,15H,7,10-12H2,1-2H3,(H,18,21). The van der Waals surface area contributed by atoms with E-state index in [1.807, 2.05) is 31.2 Å². The molecule has 3 rings (SSSR count). The number of nitrogens with one attached hydrogen (secondary N) is 1. The third-order valence-electron chi connectivity index (χ3n) is 3.84. The Morgan fingerprint density at radius 1 is 1.33 bits per heavy atom. The fourth-order valence-corrected chi connectivity index (χ4v) is 2.71. The van der Waals surface area contributed by atoms with Gasteiger partial charge in [-0.2, -0.15) is 0 Å². The van der Waals surface area contributed by atoms with Gasteiger partial charge in [0, 0.05) is 38.5 Å². The molecular weight excluding hydrogens is 304 g/mol. The van der Waals surface area contributed by atoms with Crippen molar-refractivity contribution in [3.05, 3.63) is 48.2 Å². The number of aromatic nitrogens is 3. The lowest BCUT2D eigenvalue weighted by Gasteiger charge is -2.21. The number of aryl methyl sites for hydroxylation is 1. The van der Waals surface area contributed by atoms with Crippen molar-refractivity contribution in [3.8, 4) is 5.88 Å². The Hall–Kier alpha value is -2.70. The maximum absolute atomic E-state index is 5.92. The molecule has 3 heterocycles. The van der Waals surface area contributed by atoms with E-state index in [9.17, 15) is 0 Å². The monoisotopic (exact) mass is 326 g/mol. The summed E-state index contributed by atoms with van der Waals surface area (Å²) >= 11 is 0. The van der Waals surface area contributed by atoms with E-state index in [1.165, 1.54) is 0 Å². The van der Waals surface area contributed by atoms with Gasteiger partial charge in [-0.15, -0.1) is 0 Å². The number of nitrogens with zero attached hydrogens (tertiary/aromatic N) is 5. The van der Waals surface area contributed by atoms with Crippen LogP contribution >= 0.6 is 0 Å². The van der Waals surface area contributed by atoms with Crippen LogP contribution in [0.4, 0.5) is 0 Å². The highest BCUT2D eigenvalue weighted by Gasteiger charge is 2.26. The fourth-order valence-electron chi connectivity index (χ4n) is 2.71. The Bertz CT molecular complexity index is 690. The fraction of sp³-hybridized carbons (Fsp3) is 0.412. The van der Waals surface area contributed by atoms with E-state index in [4.69, 9.17) is 4.74 Å². The summed E-state index contributed by atoms with van der Waals surface area (Å²) in [6.45, 7) is 4.20. The zero-order chi connectivity index (χ0) is 16.8. The van der Waals surface area contributed by atoms with Crippen molar-refractivity contribution < 1.29 is 4.74 Å². The van der Waals surface area contributed by atoms with E-state index < -0.39 is 0 Å². The smallest absolute Gasteiger partial charge is 0.213 e. The molecule has 126 valence electrons. The van der Waals surface area contributed by atoms with E-state index in [1.54, 1.807) is 19.4 Å². The molecular formula is C17H22N6O. The van der Waals surface area contributed by atoms with Crippen LogP contribution in [0.2, 0.25) is 0 Å². The van der Waals surface area contributed by atoms with Crippen LogP contribution in [0.1, 0.15) is 17.9 Å². The molecule has 0 aliphatic carbocycles. The molecule has 1 aliphatic heterocycles. The first-order chi connectivity index (χ1) is 11.7. The lowest BCUT2D eigenvalue weighted by atomic mass is 10.3. The topological polar surface area (TPSA) is 75.5 Å². The molecule has 24 heavy (non-hydrogen) atoms. The van der Waals surface area contributed by atoms with Crippen molar-refractivity contribution >= 4 is 5.96 Å². The molecule has 0 spiro atoms. The molecule has 0 radical (unpaired) electrons. The van der Waals surface area contributed by atoms with Crippen LogP contribution in [0.25, 0.3) is 0 Å². The van der Waals surface area contributed by atoms with Crippen LogP contribution in [0.15, 0.2) is 41.7 Å². The molecule has 1 fully saturated rings. The van der Waals surface area contributed by atoms with E-state index >= 15 is 0 Å². The van der Waals surface area contributed by atoms with Gasteiger partial charge >= 0.3 is 0 Å². The van der Waals surface area contributed by atoms with Gasteiger partial charge in [-0.05, 0) is 19.1 Å². The highest BCUT2D eigenvalue weighted by molar-refractivity contribution is 5.80. The van der Waals surface area contributed by atoms with Gasteiger partial charge in [0.25, 0.3) is 0 Å². The molecule has 1 N–H and O–H groups in total. The maximum Gasteiger partial charge on any atom is 0.213 e. The van der Waals surface area contributed by atoms with Crippen LogP contribution < -0.4 is 10.1 Å². The number of guanidine groups is 1. The summed E-state index contributed by atoms with van der Waals surface area (Å²) in [6.07, 6.45) is 4.59. The molecule has 0 amide bonds. The van der Waals surface area contributed by atoms with E-state index in [-0.39, 0.29) is 6.10 Å². The second kappa shape index (κ2) is 7.72.